The van der Waals surface area contributed by atoms with Gasteiger partial charge in [0.05, 0.1) is 5.69 Å². The number of pyridine rings is 1. The molecule has 3 heterocycles. The second-order valence-corrected chi connectivity index (χ2v) is 8.54. The van der Waals surface area contributed by atoms with E-state index in [1.165, 1.54) is 5.56 Å². The van der Waals surface area contributed by atoms with Crippen molar-refractivity contribution in [1.29, 1.82) is 0 Å². The zero-order valence-corrected chi connectivity index (χ0v) is 16.0. The van der Waals surface area contributed by atoms with E-state index < -0.39 is 10.8 Å². The maximum Gasteiger partial charge on any atom is 0.212 e. The van der Waals surface area contributed by atoms with E-state index in [-0.39, 0.29) is 0 Å². The van der Waals surface area contributed by atoms with Gasteiger partial charge in [0.2, 0.25) is 3.83 Å². The van der Waals surface area contributed by atoms with Crippen LogP contribution in [0.4, 0.5) is 0 Å². The molecule has 0 spiro atoms. The topological polar surface area (TPSA) is 50.5 Å². The second-order valence-electron chi connectivity index (χ2n) is 5.88. The van der Waals surface area contributed by atoms with Crippen LogP contribution in [0.25, 0.3) is 16.9 Å². The van der Waals surface area contributed by atoms with Crippen molar-refractivity contribution in [1.82, 2.24) is 19.5 Å². The summed E-state index contributed by atoms with van der Waals surface area (Å²) in [6.45, 7) is 2.76. The van der Waals surface area contributed by atoms with Crippen molar-refractivity contribution in [2.24, 2.45) is 0 Å². The zero-order chi connectivity index (χ0) is 16.5. The molecule has 0 amide bonds. The maximum atomic E-state index is 11.4. The lowest BCUT2D eigenvalue weighted by Crippen LogP contribution is -2.37. The first-order chi connectivity index (χ1) is 11.7. The Hall–Kier alpha value is -1.32. The summed E-state index contributed by atoms with van der Waals surface area (Å²) in [5.41, 5.74) is 4.32. The standard InChI is InChI=1S/C17H17IN4OS/c18-17-19-16-3-1-2-15(22(16)20-17)14-6-4-13(5-7-14)12-21-8-10-24(23)11-9-21/h1-7H,8-12H2. The molecule has 0 aliphatic carbocycles. The van der Waals surface area contributed by atoms with Gasteiger partial charge in [-0.25, -0.2) is 9.50 Å². The van der Waals surface area contributed by atoms with Crippen molar-refractivity contribution in [3.05, 3.63) is 51.9 Å². The SMILES string of the molecule is O=S1CCN(Cc2ccc(-c3cccc4nc(I)nn34)cc2)CC1. The fourth-order valence-corrected chi connectivity index (χ4v) is 4.56. The molecule has 5 nitrogen and oxygen atoms in total. The Morgan fingerprint density at radius 1 is 1.08 bits per heavy atom. The Labute approximate surface area is 156 Å². The van der Waals surface area contributed by atoms with Crippen molar-refractivity contribution in [3.63, 3.8) is 0 Å². The van der Waals surface area contributed by atoms with E-state index in [0.717, 1.165) is 51.9 Å². The Bertz CT molecular complexity index is 883. The molecular weight excluding hydrogens is 435 g/mol. The fraction of sp³-hybridized carbons (Fsp3) is 0.294. The first kappa shape index (κ1) is 16.2. The summed E-state index contributed by atoms with van der Waals surface area (Å²) in [6.07, 6.45) is 0. The Kier molecular flexibility index (Phi) is 4.64. The minimum atomic E-state index is -0.617. The Morgan fingerprint density at radius 3 is 2.58 bits per heavy atom. The molecule has 1 aliphatic rings. The second kappa shape index (κ2) is 6.89. The molecule has 0 N–H and O–H groups in total. The first-order valence-corrected chi connectivity index (χ1v) is 10.4. The van der Waals surface area contributed by atoms with Crippen molar-refractivity contribution in [2.75, 3.05) is 24.6 Å². The molecule has 0 saturated carbocycles. The smallest absolute Gasteiger partial charge is 0.212 e. The lowest BCUT2D eigenvalue weighted by Gasteiger charge is -2.26. The van der Waals surface area contributed by atoms with Crippen LogP contribution in [0.3, 0.4) is 0 Å². The third-order valence-corrected chi connectivity index (χ3v) is 5.99. The predicted molar refractivity (Wildman–Crippen MR) is 104 cm³/mol. The number of hydrogen-bond donors (Lipinski definition) is 0. The van der Waals surface area contributed by atoms with Gasteiger partial charge in [-0.3, -0.25) is 9.11 Å². The molecule has 24 heavy (non-hydrogen) atoms. The highest BCUT2D eigenvalue weighted by Gasteiger charge is 2.15. The Morgan fingerprint density at radius 2 is 1.83 bits per heavy atom. The largest absolute Gasteiger partial charge is 0.297 e. The van der Waals surface area contributed by atoms with Gasteiger partial charge in [0, 0.05) is 70.1 Å². The summed E-state index contributed by atoms with van der Waals surface area (Å²) in [7, 11) is -0.617. The van der Waals surface area contributed by atoms with Crippen molar-refractivity contribution < 1.29 is 4.21 Å². The minimum Gasteiger partial charge on any atom is -0.297 e. The summed E-state index contributed by atoms with van der Waals surface area (Å²) < 4.78 is 14.1. The van der Waals surface area contributed by atoms with Crippen LogP contribution in [0.1, 0.15) is 5.56 Å². The fourth-order valence-electron chi connectivity index (χ4n) is 2.97. The molecule has 7 heteroatoms. The molecule has 0 radical (unpaired) electrons. The number of aromatic nitrogens is 3. The number of hydrogen-bond acceptors (Lipinski definition) is 4. The van der Waals surface area contributed by atoms with Gasteiger partial charge in [-0.15, -0.1) is 5.10 Å². The van der Waals surface area contributed by atoms with Gasteiger partial charge < -0.3 is 0 Å². The number of halogens is 1. The van der Waals surface area contributed by atoms with Gasteiger partial charge in [0.15, 0.2) is 5.65 Å². The van der Waals surface area contributed by atoms with Gasteiger partial charge in [-0.2, -0.15) is 0 Å². The van der Waals surface area contributed by atoms with Crippen LogP contribution in [-0.2, 0) is 17.3 Å². The molecule has 0 bridgehead atoms. The van der Waals surface area contributed by atoms with Crippen LogP contribution in [0.5, 0.6) is 0 Å². The zero-order valence-electron chi connectivity index (χ0n) is 13.1. The van der Waals surface area contributed by atoms with Crippen LogP contribution < -0.4 is 0 Å². The molecule has 1 fully saturated rings. The molecule has 1 aromatic carbocycles. The highest BCUT2D eigenvalue weighted by atomic mass is 127. The monoisotopic (exact) mass is 452 g/mol. The lowest BCUT2D eigenvalue weighted by molar-refractivity contribution is 0.291. The molecule has 4 rings (SSSR count). The van der Waals surface area contributed by atoms with Gasteiger partial charge in [0.1, 0.15) is 0 Å². The van der Waals surface area contributed by atoms with Crippen LogP contribution >= 0.6 is 22.6 Å². The first-order valence-electron chi connectivity index (χ1n) is 7.87. The van der Waals surface area contributed by atoms with Crippen LogP contribution in [0, 0.1) is 3.83 Å². The molecule has 2 aromatic heterocycles. The van der Waals surface area contributed by atoms with E-state index in [1.54, 1.807) is 0 Å². The molecule has 0 atom stereocenters. The van der Waals surface area contributed by atoms with E-state index in [2.05, 4.69) is 67.9 Å². The third-order valence-electron chi connectivity index (χ3n) is 4.26. The number of nitrogens with zero attached hydrogens (tertiary/aromatic N) is 4. The summed E-state index contributed by atoms with van der Waals surface area (Å²) in [4.78, 5) is 6.78. The van der Waals surface area contributed by atoms with Crippen LogP contribution in [-0.4, -0.2) is 48.3 Å². The summed E-state index contributed by atoms with van der Waals surface area (Å²) in [6, 6.07) is 14.7. The van der Waals surface area contributed by atoms with E-state index in [1.807, 2.05) is 16.6 Å². The van der Waals surface area contributed by atoms with Gasteiger partial charge >= 0.3 is 0 Å². The highest BCUT2D eigenvalue weighted by molar-refractivity contribution is 14.1. The van der Waals surface area contributed by atoms with E-state index in [4.69, 9.17) is 0 Å². The molecule has 1 saturated heterocycles. The van der Waals surface area contributed by atoms with Crippen LogP contribution in [0.2, 0.25) is 0 Å². The van der Waals surface area contributed by atoms with E-state index in [9.17, 15) is 4.21 Å². The average molecular weight is 452 g/mol. The summed E-state index contributed by atoms with van der Waals surface area (Å²) in [5.74, 6) is 1.59. The van der Waals surface area contributed by atoms with Gasteiger partial charge in [-0.05, 0) is 17.7 Å². The molecular formula is C17H17IN4OS. The lowest BCUT2D eigenvalue weighted by atomic mass is 10.1. The van der Waals surface area contributed by atoms with Gasteiger partial charge in [-0.1, -0.05) is 30.3 Å². The molecule has 124 valence electrons. The summed E-state index contributed by atoms with van der Waals surface area (Å²) in [5, 5.41) is 4.47. The number of rotatable bonds is 3. The predicted octanol–water partition coefficient (Wildman–Crippen LogP) is 2.57. The molecule has 3 aromatic rings. The average Bonchev–Trinajstić information content (AvgIpc) is 2.98. The maximum absolute atomic E-state index is 11.4. The number of fused-ring (bicyclic) bond motifs is 1. The summed E-state index contributed by atoms with van der Waals surface area (Å²) >= 11 is 2.14. The molecule has 0 unspecified atom stereocenters. The van der Waals surface area contributed by atoms with Gasteiger partial charge in [0.25, 0.3) is 0 Å². The minimum absolute atomic E-state index is 0.617. The number of benzene rings is 1. The van der Waals surface area contributed by atoms with E-state index >= 15 is 0 Å². The Balaban J connectivity index is 1.56. The highest BCUT2D eigenvalue weighted by Crippen LogP contribution is 2.21. The normalized spacial score (nSPS) is 16.7. The van der Waals surface area contributed by atoms with Crippen molar-refractivity contribution in [2.45, 2.75) is 6.54 Å². The van der Waals surface area contributed by atoms with Crippen molar-refractivity contribution in [3.8, 4) is 11.3 Å². The van der Waals surface area contributed by atoms with Crippen LogP contribution in [0.15, 0.2) is 42.5 Å². The van der Waals surface area contributed by atoms with E-state index in [0.29, 0.717) is 0 Å². The quantitative estimate of drug-likeness (QED) is 0.574. The third kappa shape index (κ3) is 3.38. The molecule has 1 aliphatic heterocycles. The van der Waals surface area contributed by atoms with Crippen molar-refractivity contribution >= 4 is 39.0 Å².